The number of aryl methyl sites for hydroxylation is 2. The SMILES string of the molecule is O=C(O)CCCOc1cccc(CCCCCCOc2ccc3c(c2)CCCC3CCC(=O)c2ccccc2)c1CCC(=O)O. The Morgan fingerprint density at radius 2 is 1.51 bits per heavy atom. The Labute approximate surface area is 266 Å². The van der Waals surface area contributed by atoms with Crippen molar-refractivity contribution in [1.29, 1.82) is 0 Å². The summed E-state index contributed by atoms with van der Waals surface area (Å²) in [5, 5.41) is 18.1. The second-order valence-corrected chi connectivity index (χ2v) is 11.9. The molecule has 0 aliphatic heterocycles. The maximum atomic E-state index is 12.6. The lowest BCUT2D eigenvalue weighted by molar-refractivity contribution is -0.138. The van der Waals surface area contributed by atoms with Gasteiger partial charge in [-0.05, 0) is 104 Å². The average Bonchev–Trinajstić information content (AvgIpc) is 3.04. The molecule has 3 aromatic rings. The van der Waals surface area contributed by atoms with Gasteiger partial charge in [-0.3, -0.25) is 14.4 Å². The molecule has 7 heteroatoms. The third-order valence-electron chi connectivity index (χ3n) is 8.59. The van der Waals surface area contributed by atoms with Crippen molar-refractivity contribution >= 4 is 17.7 Å². The summed E-state index contributed by atoms with van der Waals surface area (Å²) in [6, 6.07) is 21.8. The van der Waals surface area contributed by atoms with Crippen LogP contribution in [-0.4, -0.2) is 41.1 Å². The Morgan fingerprint density at radius 1 is 0.733 bits per heavy atom. The summed E-state index contributed by atoms with van der Waals surface area (Å²) >= 11 is 0. The van der Waals surface area contributed by atoms with E-state index in [1.807, 2.05) is 48.5 Å². The molecular weight excluding hydrogens is 568 g/mol. The molecule has 0 aromatic heterocycles. The number of fused-ring (bicyclic) bond motifs is 1. The zero-order valence-electron chi connectivity index (χ0n) is 26.2. The smallest absolute Gasteiger partial charge is 0.303 e. The number of carboxylic acids is 2. The van der Waals surface area contributed by atoms with E-state index in [-0.39, 0.29) is 25.2 Å². The van der Waals surface area contributed by atoms with Crippen LogP contribution in [0.3, 0.4) is 0 Å². The lowest BCUT2D eigenvalue weighted by atomic mass is 9.80. The van der Waals surface area contributed by atoms with Crippen molar-refractivity contribution in [2.75, 3.05) is 13.2 Å². The molecule has 1 aliphatic rings. The first-order valence-corrected chi connectivity index (χ1v) is 16.4. The normalized spacial score (nSPS) is 14.0. The summed E-state index contributed by atoms with van der Waals surface area (Å²) in [7, 11) is 0. The molecular formula is C38H46O7. The van der Waals surface area contributed by atoms with E-state index in [4.69, 9.17) is 14.6 Å². The van der Waals surface area contributed by atoms with Crippen LogP contribution in [0.15, 0.2) is 66.7 Å². The van der Waals surface area contributed by atoms with E-state index in [0.717, 1.165) is 80.2 Å². The molecule has 0 saturated heterocycles. The number of rotatable bonds is 20. The molecule has 0 fully saturated rings. The van der Waals surface area contributed by atoms with Crippen molar-refractivity contribution in [2.45, 2.75) is 95.8 Å². The number of Topliss-reactive ketones (excluding diaryl/α,β-unsaturated/α-hetero) is 1. The number of carbonyl (C=O) groups is 3. The number of carbonyl (C=O) groups excluding carboxylic acids is 1. The zero-order valence-corrected chi connectivity index (χ0v) is 26.2. The highest BCUT2D eigenvalue weighted by atomic mass is 16.5. The van der Waals surface area contributed by atoms with Crippen LogP contribution in [-0.2, 0) is 28.9 Å². The topological polar surface area (TPSA) is 110 Å². The van der Waals surface area contributed by atoms with Gasteiger partial charge in [0.1, 0.15) is 11.5 Å². The van der Waals surface area contributed by atoms with Crippen LogP contribution in [0.4, 0.5) is 0 Å². The summed E-state index contributed by atoms with van der Waals surface area (Å²) in [4.78, 5) is 34.7. The van der Waals surface area contributed by atoms with Crippen LogP contribution in [0.2, 0.25) is 0 Å². The Morgan fingerprint density at radius 3 is 2.31 bits per heavy atom. The van der Waals surface area contributed by atoms with Crippen molar-refractivity contribution in [3.05, 3.63) is 94.5 Å². The van der Waals surface area contributed by atoms with Gasteiger partial charge < -0.3 is 19.7 Å². The first-order valence-electron chi connectivity index (χ1n) is 16.4. The number of ether oxygens (including phenoxy) is 2. The van der Waals surface area contributed by atoms with E-state index >= 15 is 0 Å². The maximum Gasteiger partial charge on any atom is 0.303 e. The fourth-order valence-electron chi connectivity index (χ4n) is 6.22. The molecule has 0 saturated carbocycles. The minimum Gasteiger partial charge on any atom is -0.494 e. The Bertz CT molecular complexity index is 1400. The molecule has 0 spiro atoms. The van der Waals surface area contributed by atoms with Gasteiger partial charge in [-0.1, -0.05) is 61.4 Å². The molecule has 1 unspecified atom stereocenters. The van der Waals surface area contributed by atoms with Gasteiger partial charge in [0.05, 0.1) is 13.2 Å². The van der Waals surface area contributed by atoms with Crippen LogP contribution < -0.4 is 9.47 Å². The van der Waals surface area contributed by atoms with Crippen molar-refractivity contribution < 1.29 is 34.1 Å². The molecule has 0 bridgehead atoms. The number of benzene rings is 3. The highest BCUT2D eigenvalue weighted by Crippen LogP contribution is 2.37. The van der Waals surface area contributed by atoms with Gasteiger partial charge in [-0.2, -0.15) is 0 Å². The van der Waals surface area contributed by atoms with Crippen LogP contribution in [0, 0.1) is 0 Å². The summed E-state index contributed by atoms with van der Waals surface area (Å²) in [6.07, 6.45) is 10.5. The summed E-state index contributed by atoms with van der Waals surface area (Å²) in [6.45, 7) is 0.952. The number of unbranched alkanes of at least 4 members (excludes halogenated alkanes) is 3. The molecule has 45 heavy (non-hydrogen) atoms. The summed E-state index contributed by atoms with van der Waals surface area (Å²) in [5.74, 6) is 0.501. The Hall–Kier alpha value is -4.13. The zero-order chi connectivity index (χ0) is 31.9. The van der Waals surface area contributed by atoms with Crippen molar-refractivity contribution in [2.24, 2.45) is 0 Å². The predicted molar refractivity (Wildman–Crippen MR) is 175 cm³/mol. The molecule has 240 valence electrons. The average molecular weight is 615 g/mol. The van der Waals surface area contributed by atoms with Gasteiger partial charge in [-0.25, -0.2) is 0 Å². The minimum atomic E-state index is -0.856. The molecule has 1 aliphatic carbocycles. The lowest BCUT2D eigenvalue weighted by Gasteiger charge is -2.26. The minimum absolute atomic E-state index is 0.0249. The Kier molecular flexibility index (Phi) is 13.5. The highest BCUT2D eigenvalue weighted by Gasteiger charge is 2.22. The number of carboxylic acid groups (broad SMARTS) is 2. The number of hydrogen-bond acceptors (Lipinski definition) is 5. The first kappa shape index (κ1) is 33.8. The molecule has 3 aromatic carbocycles. The van der Waals surface area contributed by atoms with Gasteiger partial charge in [0.15, 0.2) is 5.78 Å². The van der Waals surface area contributed by atoms with Crippen molar-refractivity contribution in [3.8, 4) is 11.5 Å². The number of aliphatic carboxylic acids is 2. The third-order valence-corrected chi connectivity index (χ3v) is 8.59. The molecule has 7 nitrogen and oxygen atoms in total. The summed E-state index contributed by atoms with van der Waals surface area (Å²) < 4.78 is 12.0. The quantitative estimate of drug-likeness (QED) is 0.0975. The molecule has 4 rings (SSSR count). The van der Waals surface area contributed by atoms with Gasteiger partial charge in [0.25, 0.3) is 0 Å². The fraction of sp³-hybridized carbons (Fsp3) is 0.447. The fourth-order valence-corrected chi connectivity index (χ4v) is 6.22. The predicted octanol–water partition coefficient (Wildman–Crippen LogP) is 8.21. The van der Waals surface area contributed by atoms with E-state index in [0.29, 0.717) is 37.5 Å². The largest absolute Gasteiger partial charge is 0.494 e. The second kappa shape index (κ2) is 18.0. The van der Waals surface area contributed by atoms with E-state index in [1.54, 1.807) is 0 Å². The standard InChI is InChI=1S/C38H46O7/c39-35(30-12-5-3-6-13-30)23-19-29-14-8-16-31-27-32(20-21-33(29)31)44-25-7-2-1-4-11-28-15-9-17-36(34(28)22-24-38(42)43)45-26-10-18-37(40)41/h3,5-6,9,12-13,15,17,20-21,27,29H,1-2,4,7-8,10-11,14,16,18-19,22-26H2,(H,40,41)(H,42,43). The van der Waals surface area contributed by atoms with Gasteiger partial charge >= 0.3 is 11.9 Å². The van der Waals surface area contributed by atoms with Crippen LogP contribution in [0.1, 0.15) is 109 Å². The molecule has 1 atom stereocenters. The number of ketones is 1. The maximum absolute atomic E-state index is 12.6. The van der Waals surface area contributed by atoms with Crippen LogP contribution in [0.5, 0.6) is 11.5 Å². The van der Waals surface area contributed by atoms with E-state index < -0.39 is 11.9 Å². The van der Waals surface area contributed by atoms with E-state index in [2.05, 4.69) is 18.2 Å². The molecule has 0 radical (unpaired) electrons. The molecule has 0 amide bonds. The van der Waals surface area contributed by atoms with Crippen molar-refractivity contribution in [1.82, 2.24) is 0 Å². The highest BCUT2D eigenvalue weighted by molar-refractivity contribution is 5.96. The van der Waals surface area contributed by atoms with Gasteiger partial charge in [-0.15, -0.1) is 0 Å². The molecule has 2 N–H and O–H groups in total. The van der Waals surface area contributed by atoms with E-state index in [1.165, 1.54) is 11.1 Å². The van der Waals surface area contributed by atoms with Crippen molar-refractivity contribution in [3.63, 3.8) is 0 Å². The monoisotopic (exact) mass is 614 g/mol. The number of hydrogen-bond donors (Lipinski definition) is 2. The van der Waals surface area contributed by atoms with E-state index in [9.17, 15) is 19.5 Å². The van der Waals surface area contributed by atoms with Gasteiger partial charge in [0.2, 0.25) is 0 Å². The first-order chi connectivity index (χ1) is 21.9. The van der Waals surface area contributed by atoms with Crippen LogP contribution >= 0.6 is 0 Å². The Balaban J connectivity index is 1.19. The second-order valence-electron chi connectivity index (χ2n) is 11.9. The van der Waals surface area contributed by atoms with Gasteiger partial charge in [0, 0.05) is 24.8 Å². The lowest BCUT2D eigenvalue weighted by Crippen LogP contribution is -2.12. The third kappa shape index (κ3) is 11.1. The summed E-state index contributed by atoms with van der Waals surface area (Å²) in [5.41, 5.74) is 5.52. The van der Waals surface area contributed by atoms with Crippen LogP contribution in [0.25, 0.3) is 0 Å². The molecule has 0 heterocycles.